The Morgan fingerprint density at radius 3 is 1.50 bits per heavy atom. The van der Waals surface area contributed by atoms with Crippen LogP contribution in [0.4, 0.5) is 0 Å². The van der Waals surface area contributed by atoms with E-state index in [4.69, 9.17) is 19.0 Å². The fourth-order valence-corrected chi connectivity index (χ4v) is 0. The summed E-state index contributed by atoms with van der Waals surface area (Å²) >= 11 is -5.69. The standard InChI is InChI=1S/C2H3N.HIO4/c1-2-3;2-1(3,4)5/h1H3;2H. The molecule has 0 saturated carbocycles. The maximum atomic E-state index is 8.73. The highest BCUT2D eigenvalue weighted by molar-refractivity contribution is 4.51. The molecule has 1 N–H and O–H groups in total. The number of hydrogen-bond acceptors (Lipinski definition) is 5. The predicted octanol–water partition coefficient (Wildman–Crippen LogP) is -6.59. The van der Waals surface area contributed by atoms with Gasteiger partial charge >= 0.3 is 20.1 Å². The molecule has 0 aliphatic rings. The van der Waals surface area contributed by atoms with Crippen molar-refractivity contribution in [2.45, 2.75) is 6.92 Å². The lowest BCUT2D eigenvalue weighted by molar-refractivity contribution is -1.92. The van der Waals surface area contributed by atoms with Gasteiger partial charge in [-0.25, -0.2) is 0 Å². The smallest absolute Gasteiger partial charge is 0.256 e. The SMILES string of the molecule is CC#N.[O-][I+3]([O-])([O-])O. The summed E-state index contributed by atoms with van der Waals surface area (Å²) in [4.78, 5) is 0. The molecule has 5 nitrogen and oxygen atoms in total. The van der Waals surface area contributed by atoms with Crippen LogP contribution in [0.3, 0.4) is 0 Å². The molecular formula is C2H4INO4. The summed E-state index contributed by atoms with van der Waals surface area (Å²) in [6, 6.07) is 1.75. The van der Waals surface area contributed by atoms with Crippen molar-refractivity contribution >= 4 is 0 Å². The highest BCUT2D eigenvalue weighted by Gasteiger charge is 2.11. The highest BCUT2D eigenvalue weighted by atomic mass is 127. The molecule has 0 radical (unpaired) electrons. The first-order valence-electron chi connectivity index (χ1n) is 1.36. The second kappa shape index (κ2) is 5.20. The fourth-order valence-electron chi connectivity index (χ4n) is 0. The second-order valence-electron chi connectivity index (χ2n) is 0.620. The maximum absolute atomic E-state index is 8.73. The van der Waals surface area contributed by atoms with Crippen LogP contribution in [0.25, 0.3) is 0 Å². The third-order valence-corrected chi connectivity index (χ3v) is 0. The monoisotopic (exact) mass is 233 g/mol. The molecule has 0 aromatic rings. The molecule has 0 atom stereocenters. The lowest BCUT2D eigenvalue weighted by Gasteiger charge is -1.93. The van der Waals surface area contributed by atoms with Crippen molar-refractivity contribution in [2.24, 2.45) is 0 Å². The van der Waals surface area contributed by atoms with E-state index in [2.05, 4.69) is 0 Å². The van der Waals surface area contributed by atoms with Crippen LogP contribution in [0, 0.1) is 11.3 Å². The summed E-state index contributed by atoms with van der Waals surface area (Å²) in [6.45, 7) is 1.43. The third-order valence-electron chi connectivity index (χ3n) is 0. The van der Waals surface area contributed by atoms with E-state index in [1.807, 2.05) is 0 Å². The van der Waals surface area contributed by atoms with E-state index in [0.29, 0.717) is 0 Å². The Hall–Kier alpha value is 0.0600. The molecule has 0 unspecified atom stereocenters. The largest absolute Gasteiger partial charge is 0.368 e. The minimum atomic E-state index is -5.69. The lowest BCUT2D eigenvalue weighted by Crippen LogP contribution is -4.23. The molecule has 8 heavy (non-hydrogen) atoms. The third kappa shape index (κ3) is 43100. The van der Waals surface area contributed by atoms with Gasteiger partial charge in [-0.3, -0.25) is 10.3 Å². The number of nitriles is 1. The normalized spacial score (nSPS) is 8.50. The molecule has 0 rings (SSSR count). The average molecular weight is 233 g/mol. The van der Waals surface area contributed by atoms with Gasteiger partial charge in [0, 0.05) is 10.4 Å². The van der Waals surface area contributed by atoms with Crippen LogP contribution >= 0.6 is 0 Å². The minimum absolute atomic E-state index is 1.43. The van der Waals surface area contributed by atoms with Gasteiger partial charge in [0.25, 0.3) is 0 Å². The summed E-state index contributed by atoms with van der Waals surface area (Å²) < 4.78 is 33.2. The van der Waals surface area contributed by atoms with Gasteiger partial charge in [-0.15, -0.1) is 0 Å². The summed E-state index contributed by atoms with van der Waals surface area (Å²) in [5, 5.41) is 7.32. The van der Waals surface area contributed by atoms with Crippen LogP contribution < -0.4 is 30.4 Å². The molecule has 48 valence electrons. The van der Waals surface area contributed by atoms with Crippen molar-refractivity contribution in [3.63, 3.8) is 0 Å². The van der Waals surface area contributed by atoms with Crippen LogP contribution in [0.2, 0.25) is 0 Å². The first-order chi connectivity index (χ1) is 3.41. The van der Waals surface area contributed by atoms with Crippen LogP contribution in [0.15, 0.2) is 0 Å². The van der Waals surface area contributed by atoms with Gasteiger partial charge in [0.2, 0.25) is 0 Å². The molecule has 0 aliphatic heterocycles. The summed E-state index contributed by atoms with van der Waals surface area (Å²) in [5.41, 5.74) is 0. The van der Waals surface area contributed by atoms with E-state index in [1.54, 1.807) is 6.07 Å². The Labute approximate surface area is 52.5 Å². The Morgan fingerprint density at radius 1 is 1.50 bits per heavy atom. The lowest BCUT2D eigenvalue weighted by atomic mass is 11.0. The Morgan fingerprint density at radius 2 is 1.50 bits per heavy atom. The molecular weight excluding hydrogens is 229 g/mol. The number of rotatable bonds is 0. The minimum Gasteiger partial charge on any atom is -0.256 e. The Kier molecular flexibility index (Phi) is 7.11. The van der Waals surface area contributed by atoms with Crippen molar-refractivity contribution in [1.82, 2.24) is 0 Å². The van der Waals surface area contributed by atoms with Crippen molar-refractivity contribution in [3.05, 3.63) is 0 Å². The maximum Gasteiger partial charge on any atom is 0.368 e. The van der Waals surface area contributed by atoms with Gasteiger partial charge in [0.15, 0.2) is 0 Å². The Bertz CT molecular complexity index is 75.0. The first kappa shape index (κ1) is 10.9. The molecule has 0 heterocycles. The molecule has 0 amide bonds. The van der Waals surface area contributed by atoms with Crippen molar-refractivity contribution in [1.29, 1.82) is 5.26 Å². The van der Waals surface area contributed by atoms with E-state index in [1.165, 1.54) is 6.92 Å². The summed E-state index contributed by atoms with van der Waals surface area (Å²) in [7, 11) is 0. The zero-order valence-corrected chi connectivity index (χ0v) is 6.15. The molecule has 0 spiro atoms. The molecule has 0 aliphatic carbocycles. The fraction of sp³-hybridized carbons (Fsp3) is 0.500. The van der Waals surface area contributed by atoms with Crippen LogP contribution in [-0.4, -0.2) is 3.44 Å². The van der Waals surface area contributed by atoms with Gasteiger partial charge in [-0.2, -0.15) is 5.26 Å². The number of hydrogen-bond donors (Lipinski definition) is 1. The van der Waals surface area contributed by atoms with Gasteiger partial charge in [-0.1, -0.05) is 0 Å². The van der Waals surface area contributed by atoms with Gasteiger partial charge in [0.1, 0.15) is 0 Å². The second-order valence-corrected chi connectivity index (χ2v) is 2.88. The van der Waals surface area contributed by atoms with Crippen molar-refractivity contribution in [3.8, 4) is 6.07 Å². The molecule has 0 aromatic heterocycles. The molecule has 0 bridgehead atoms. The predicted molar refractivity (Wildman–Crippen MR) is 13.5 cm³/mol. The summed E-state index contributed by atoms with van der Waals surface area (Å²) in [5.74, 6) is 0. The van der Waals surface area contributed by atoms with E-state index in [-0.39, 0.29) is 0 Å². The van der Waals surface area contributed by atoms with E-state index in [0.717, 1.165) is 0 Å². The zero-order chi connectivity index (χ0) is 7.21. The number of nitrogens with zero attached hydrogens (tertiary/aromatic N) is 1. The van der Waals surface area contributed by atoms with E-state index < -0.39 is 20.1 Å². The molecule has 6 heteroatoms. The van der Waals surface area contributed by atoms with Crippen molar-refractivity contribution < 1.29 is 33.8 Å². The van der Waals surface area contributed by atoms with E-state index >= 15 is 0 Å². The quantitative estimate of drug-likeness (QED) is 0.418. The average Bonchev–Trinajstić information content (AvgIpc) is 1.27. The van der Waals surface area contributed by atoms with Gasteiger partial charge in [-0.05, 0) is 0 Å². The first-order valence-corrected chi connectivity index (χ1v) is 4.96. The van der Waals surface area contributed by atoms with Crippen LogP contribution in [0.1, 0.15) is 6.92 Å². The molecule has 0 fully saturated rings. The van der Waals surface area contributed by atoms with Gasteiger partial charge < -0.3 is 0 Å². The zero-order valence-electron chi connectivity index (χ0n) is 4.00. The topological polar surface area (TPSA) is 113 Å². The molecule has 0 saturated heterocycles. The highest BCUT2D eigenvalue weighted by Crippen LogP contribution is 1.21. The number of halogens is 1. The van der Waals surface area contributed by atoms with Crippen molar-refractivity contribution in [2.75, 3.05) is 0 Å². The molecule has 0 aromatic carbocycles. The summed E-state index contributed by atoms with van der Waals surface area (Å²) in [6.07, 6.45) is 0. The Balaban J connectivity index is 0. The van der Waals surface area contributed by atoms with Gasteiger partial charge in [0.05, 0.1) is 6.07 Å². The van der Waals surface area contributed by atoms with Crippen LogP contribution in [0.5, 0.6) is 0 Å². The van der Waals surface area contributed by atoms with Crippen LogP contribution in [-0.2, 0) is 0 Å². The van der Waals surface area contributed by atoms with E-state index in [9.17, 15) is 0 Å².